The molecule has 0 aromatic heterocycles. The molecule has 1 fully saturated rings. The van der Waals surface area contributed by atoms with Crippen LogP contribution in [0.1, 0.15) is 41.0 Å². The van der Waals surface area contributed by atoms with Crippen molar-refractivity contribution in [2.75, 3.05) is 13.2 Å². The standard InChI is InChI=1S/C24H25FO7/c1-16(26)31-23-24(2,25)19(15-30-23)20(32-22(28)18-11-7-4-8-12-18)13-14-29-21(27)17-9-5-3-6-10-17/h3-12,19-20,23H,13-15H2,1-2H3/t19?,20?,23-,24?/m0/s1. The molecule has 3 unspecified atom stereocenters. The Hall–Kier alpha value is -3.26. The lowest BCUT2D eigenvalue weighted by Gasteiger charge is -2.31. The van der Waals surface area contributed by atoms with Gasteiger partial charge < -0.3 is 18.9 Å². The Morgan fingerprint density at radius 1 is 1.03 bits per heavy atom. The predicted molar refractivity (Wildman–Crippen MR) is 111 cm³/mol. The zero-order chi connectivity index (χ0) is 23.1. The Bertz CT molecular complexity index is 930. The molecule has 0 bridgehead atoms. The van der Waals surface area contributed by atoms with Crippen molar-refractivity contribution >= 4 is 17.9 Å². The van der Waals surface area contributed by atoms with E-state index in [0.29, 0.717) is 11.1 Å². The SMILES string of the molecule is CC(=O)O[C@@H]1OCC(C(CCOC(=O)c2ccccc2)OC(=O)c2ccccc2)C1(C)F. The van der Waals surface area contributed by atoms with Gasteiger partial charge in [-0.1, -0.05) is 36.4 Å². The average Bonchev–Trinajstić information content (AvgIpc) is 3.07. The molecule has 3 rings (SSSR count). The first-order valence-electron chi connectivity index (χ1n) is 10.2. The van der Waals surface area contributed by atoms with E-state index in [4.69, 9.17) is 18.9 Å². The number of halogens is 1. The largest absolute Gasteiger partial charge is 0.462 e. The van der Waals surface area contributed by atoms with Crippen molar-refractivity contribution in [3.63, 3.8) is 0 Å². The first-order valence-corrected chi connectivity index (χ1v) is 10.2. The second-order valence-corrected chi connectivity index (χ2v) is 7.63. The second kappa shape index (κ2) is 10.4. The van der Waals surface area contributed by atoms with Crippen LogP contribution in [0.4, 0.5) is 4.39 Å². The number of hydrogen-bond donors (Lipinski definition) is 0. The van der Waals surface area contributed by atoms with Gasteiger partial charge in [0, 0.05) is 13.3 Å². The van der Waals surface area contributed by atoms with Crippen molar-refractivity contribution in [3.05, 3.63) is 71.8 Å². The second-order valence-electron chi connectivity index (χ2n) is 7.63. The number of rotatable bonds is 8. The molecule has 0 saturated carbocycles. The summed E-state index contributed by atoms with van der Waals surface area (Å²) in [6, 6.07) is 16.7. The van der Waals surface area contributed by atoms with Crippen molar-refractivity contribution in [2.45, 2.75) is 38.3 Å². The lowest BCUT2D eigenvalue weighted by Crippen LogP contribution is -2.45. The summed E-state index contributed by atoms with van der Waals surface area (Å²) >= 11 is 0. The highest BCUT2D eigenvalue weighted by Gasteiger charge is 2.55. The molecule has 1 aliphatic heterocycles. The number of esters is 3. The molecule has 8 heteroatoms. The zero-order valence-corrected chi connectivity index (χ0v) is 17.9. The lowest BCUT2D eigenvalue weighted by atomic mass is 9.87. The van der Waals surface area contributed by atoms with Crippen LogP contribution in [0.3, 0.4) is 0 Å². The molecule has 0 radical (unpaired) electrons. The van der Waals surface area contributed by atoms with Gasteiger partial charge in [0.1, 0.15) is 6.10 Å². The van der Waals surface area contributed by atoms with Gasteiger partial charge in [0.2, 0.25) is 6.29 Å². The fourth-order valence-electron chi connectivity index (χ4n) is 3.51. The molecule has 32 heavy (non-hydrogen) atoms. The Kier molecular flexibility index (Phi) is 7.58. The Morgan fingerprint density at radius 3 is 2.16 bits per heavy atom. The summed E-state index contributed by atoms with van der Waals surface area (Å²) in [6.07, 6.45) is -2.37. The summed E-state index contributed by atoms with van der Waals surface area (Å²) in [6.45, 7) is 2.15. The van der Waals surface area contributed by atoms with E-state index in [9.17, 15) is 14.4 Å². The van der Waals surface area contributed by atoms with Gasteiger partial charge in [-0.2, -0.15) is 0 Å². The number of benzene rings is 2. The molecule has 1 aliphatic rings. The van der Waals surface area contributed by atoms with E-state index in [2.05, 4.69) is 0 Å². The molecule has 2 aromatic rings. The third-order valence-corrected chi connectivity index (χ3v) is 5.25. The van der Waals surface area contributed by atoms with Gasteiger partial charge in [0.25, 0.3) is 0 Å². The Balaban J connectivity index is 1.71. The molecule has 1 saturated heterocycles. The highest BCUT2D eigenvalue weighted by atomic mass is 19.1. The van der Waals surface area contributed by atoms with Gasteiger partial charge in [0.15, 0.2) is 5.67 Å². The Labute approximate surface area is 185 Å². The van der Waals surface area contributed by atoms with Crippen LogP contribution in [-0.4, -0.2) is 49.2 Å². The lowest BCUT2D eigenvalue weighted by molar-refractivity contribution is -0.186. The van der Waals surface area contributed by atoms with E-state index in [-0.39, 0.29) is 19.6 Å². The minimum atomic E-state index is -2.11. The van der Waals surface area contributed by atoms with Crippen LogP contribution in [0.25, 0.3) is 0 Å². The molecule has 170 valence electrons. The summed E-state index contributed by atoms with van der Waals surface area (Å²) < 4.78 is 36.7. The molecular formula is C24H25FO7. The summed E-state index contributed by atoms with van der Waals surface area (Å²) in [5.74, 6) is -2.80. The number of alkyl halides is 1. The molecule has 2 aromatic carbocycles. The minimum Gasteiger partial charge on any atom is -0.462 e. The van der Waals surface area contributed by atoms with Gasteiger partial charge >= 0.3 is 17.9 Å². The third kappa shape index (κ3) is 5.70. The molecule has 0 amide bonds. The number of carbonyl (C=O) groups is 3. The number of ether oxygens (including phenoxy) is 4. The predicted octanol–water partition coefficient (Wildman–Crippen LogP) is 3.72. The topological polar surface area (TPSA) is 88.1 Å². The monoisotopic (exact) mass is 444 g/mol. The van der Waals surface area contributed by atoms with Gasteiger partial charge in [-0.25, -0.2) is 14.0 Å². The maximum atomic E-state index is 15.6. The fraction of sp³-hybridized carbons (Fsp3) is 0.375. The number of carbonyl (C=O) groups excluding carboxylic acids is 3. The van der Waals surface area contributed by atoms with E-state index in [0.717, 1.165) is 6.92 Å². The smallest absolute Gasteiger partial charge is 0.338 e. The highest BCUT2D eigenvalue weighted by molar-refractivity contribution is 5.90. The van der Waals surface area contributed by atoms with Crippen LogP contribution < -0.4 is 0 Å². The molecular weight excluding hydrogens is 419 g/mol. The van der Waals surface area contributed by atoms with Crippen LogP contribution in [0.15, 0.2) is 60.7 Å². The first kappa shape index (κ1) is 23.4. The molecule has 0 aliphatic carbocycles. The Morgan fingerprint density at radius 2 is 1.59 bits per heavy atom. The average molecular weight is 444 g/mol. The van der Waals surface area contributed by atoms with Crippen LogP contribution in [0, 0.1) is 5.92 Å². The van der Waals surface area contributed by atoms with E-state index < -0.39 is 41.9 Å². The maximum Gasteiger partial charge on any atom is 0.338 e. The summed E-state index contributed by atoms with van der Waals surface area (Å²) in [5, 5.41) is 0. The zero-order valence-electron chi connectivity index (χ0n) is 17.9. The van der Waals surface area contributed by atoms with Crippen molar-refractivity contribution in [3.8, 4) is 0 Å². The summed E-state index contributed by atoms with van der Waals surface area (Å²) in [7, 11) is 0. The molecule has 4 atom stereocenters. The van der Waals surface area contributed by atoms with E-state index >= 15 is 4.39 Å². The highest BCUT2D eigenvalue weighted by Crippen LogP contribution is 2.40. The summed E-state index contributed by atoms with van der Waals surface area (Å²) in [4.78, 5) is 36.1. The van der Waals surface area contributed by atoms with E-state index in [1.807, 2.05) is 0 Å². The maximum absolute atomic E-state index is 15.6. The summed E-state index contributed by atoms with van der Waals surface area (Å²) in [5.41, 5.74) is -1.44. The van der Waals surface area contributed by atoms with E-state index in [1.165, 1.54) is 6.92 Å². The van der Waals surface area contributed by atoms with Crippen LogP contribution in [-0.2, 0) is 23.7 Å². The molecule has 0 spiro atoms. The molecule has 7 nitrogen and oxygen atoms in total. The quantitative estimate of drug-likeness (QED) is 0.453. The normalized spacial score (nSPS) is 23.2. The molecule has 0 N–H and O–H groups in total. The van der Waals surface area contributed by atoms with Gasteiger partial charge in [-0.3, -0.25) is 4.79 Å². The van der Waals surface area contributed by atoms with Crippen molar-refractivity contribution < 1.29 is 37.7 Å². The van der Waals surface area contributed by atoms with Gasteiger partial charge in [-0.15, -0.1) is 0 Å². The first-order chi connectivity index (χ1) is 15.3. The van der Waals surface area contributed by atoms with Gasteiger partial charge in [0.05, 0.1) is 30.3 Å². The number of hydrogen-bond acceptors (Lipinski definition) is 7. The molecule has 1 heterocycles. The minimum absolute atomic E-state index is 0.0392. The van der Waals surface area contributed by atoms with Crippen molar-refractivity contribution in [1.29, 1.82) is 0 Å². The fourth-order valence-corrected chi connectivity index (χ4v) is 3.51. The van der Waals surface area contributed by atoms with Crippen LogP contribution >= 0.6 is 0 Å². The van der Waals surface area contributed by atoms with Crippen molar-refractivity contribution in [1.82, 2.24) is 0 Å². The van der Waals surface area contributed by atoms with Gasteiger partial charge in [-0.05, 0) is 31.2 Å². The van der Waals surface area contributed by atoms with Crippen molar-refractivity contribution in [2.24, 2.45) is 5.92 Å². The van der Waals surface area contributed by atoms with E-state index in [1.54, 1.807) is 60.7 Å². The third-order valence-electron chi connectivity index (χ3n) is 5.25. The van der Waals surface area contributed by atoms with Crippen LogP contribution in [0.2, 0.25) is 0 Å². The van der Waals surface area contributed by atoms with Crippen LogP contribution in [0.5, 0.6) is 0 Å².